The van der Waals surface area contributed by atoms with Gasteiger partial charge in [0.2, 0.25) is 10.0 Å². The Hall–Kier alpha value is -0.920. The van der Waals surface area contributed by atoms with E-state index in [1.54, 1.807) is 0 Å². The number of nitrogens with two attached hydrogens (primary N) is 1. The first-order chi connectivity index (χ1) is 8.48. The van der Waals surface area contributed by atoms with Gasteiger partial charge in [-0.2, -0.15) is 0 Å². The maximum atomic E-state index is 11.9. The van der Waals surface area contributed by atoms with E-state index in [0.717, 1.165) is 43.4 Å². The molecular formula is C11H15NO4S2. The van der Waals surface area contributed by atoms with E-state index >= 15 is 0 Å². The van der Waals surface area contributed by atoms with Gasteiger partial charge in [-0.05, 0) is 37.1 Å². The van der Waals surface area contributed by atoms with Gasteiger partial charge in [0, 0.05) is 0 Å². The zero-order chi connectivity index (χ0) is 13.2. The highest BCUT2D eigenvalue weighted by atomic mass is 32.2. The maximum absolute atomic E-state index is 11.9. The van der Waals surface area contributed by atoms with Gasteiger partial charge in [-0.25, -0.2) is 18.4 Å². The van der Waals surface area contributed by atoms with E-state index in [1.807, 2.05) is 0 Å². The molecule has 5 nitrogen and oxygen atoms in total. The van der Waals surface area contributed by atoms with Crippen molar-refractivity contribution in [1.29, 1.82) is 0 Å². The van der Waals surface area contributed by atoms with Crippen molar-refractivity contribution in [3.05, 3.63) is 16.3 Å². The van der Waals surface area contributed by atoms with Crippen LogP contribution in [0.1, 0.15) is 41.8 Å². The molecule has 0 saturated heterocycles. The third-order valence-corrected chi connectivity index (χ3v) is 4.92. The van der Waals surface area contributed by atoms with E-state index in [2.05, 4.69) is 0 Å². The lowest BCUT2D eigenvalue weighted by Crippen LogP contribution is -2.22. The van der Waals surface area contributed by atoms with Crippen molar-refractivity contribution in [2.45, 2.75) is 43.1 Å². The lowest BCUT2D eigenvalue weighted by molar-refractivity contribution is 0.0213. The summed E-state index contributed by atoms with van der Waals surface area (Å²) in [4.78, 5) is 11.8. The molecule has 0 bridgehead atoms. The molecule has 2 N–H and O–H groups in total. The molecule has 1 saturated carbocycles. The molecular weight excluding hydrogens is 274 g/mol. The van der Waals surface area contributed by atoms with Gasteiger partial charge in [-0.1, -0.05) is 6.42 Å². The predicted octanol–water partition coefficient (Wildman–Crippen LogP) is 1.89. The predicted molar refractivity (Wildman–Crippen MR) is 68.0 cm³/mol. The Kier molecular flexibility index (Phi) is 4.04. The van der Waals surface area contributed by atoms with Crippen LogP contribution in [-0.4, -0.2) is 20.5 Å². The highest BCUT2D eigenvalue weighted by Crippen LogP contribution is 2.25. The summed E-state index contributed by atoms with van der Waals surface area (Å²) in [5.74, 6) is -0.582. The Balaban J connectivity index is 2.12. The third kappa shape index (κ3) is 3.09. The fourth-order valence-corrected chi connectivity index (χ4v) is 3.91. The molecule has 1 aromatic heterocycles. The summed E-state index contributed by atoms with van der Waals surface area (Å²) in [6.07, 6.45) is 4.86. The van der Waals surface area contributed by atoms with Crippen LogP contribution in [0.25, 0.3) is 0 Å². The van der Waals surface area contributed by atoms with Crippen LogP contribution in [0.15, 0.2) is 16.3 Å². The lowest BCUT2D eigenvalue weighted by Gasteiger charge is -2.21. The number of hydrogen-bond donors (Lipinski definition) is 1. The summed E-state index contributed by atoms with van der Waals surface area (Å²) in [6, 6.07) is 1.33. The van der Waals surface area contributed by atoms with Gasteiger partial charge in [-0.15, -0.1) is 11.3 Å². The fraction of sp³-hybridized carbons (Fsp3) is 0.545. The molecule has 1 heterocycles. The average Bonchev–Trinajstić information content (AvgIpc) is 2.79. The molecule has 0 aliphatic heterocycles. The molecule has 1 aromatic rings. The summed E-state index contributed by atoms with van der Waals surface area (Å²) in [5, 5.41) is 6.57. The summed E-state index contributed by atoms with van der Waals surface area (Å²) in [6.45, 7) is 0. The molecule has 1 aliphatic rings. The number of esters is 1. The maximum Gasteiger partial charge on any atom is 0.349 e. The van der Waals surface area contributed by atoms with Crippen LogP contribution >= 0.6 is 11.3 Å². The second-order valence-electron chi connectivity index (χ2n) is 4.32. The number of carbonyl (C=O) groups excluding carboxylic acids is 1. The highest BCUT2D eigenvalue weighted by Gasteiger charge is 2.25. The summed E-state index contributed by atoms with van der Waals surface area (Å²) in [7, 11) is -3.87. The number of sulfonamides is 1. The minimum atomic E-state index is -3.87. The number of thiophene rings is 1. The van der Waals surface area contributed by atoms with Crippen LogP contribution in [0.5, 0.6) is 0 Å². The normalized spacial score (nSPS) is 17.6. The van der Waals surface area contributed by atoms with E-state index in [4.69, 9.17) is 9.88 Å². The smallest absolute Gasteiger partial charge is 0.349 e. The van der Waals surface area contributed by atoms with E-state index < -0.39 is 16.0 Å². The van der Waals surface area contributed by atoms with Gasteiger partial charge >= 0.3 is 5.97 Å². The van der Waals surface area contributed by atoms with Crippen LogP contribution < -0.4 is 5.14 Å². The topological polar surface area (TPSA) is 86.5 Å². The van der Waals surface area contributed by atoms with Crippen LogP contribution in [-0.2, 0) is 14.8 Å². The first-order valence-electron chi connectivity index (χ1n) is 5.80. The molecule has 0 atom stereocenters. The van der Waals surface area contributed by atoms with Crippen LogP contribution in [0.4, 0.5) is 0 Å². The number of rotatable bonds is 3. The summed E-state index contributed by atoms with van der Waals surface area (Å²) >= 11 is 1.04. The number of primary sulfonamides is 1. The molecule has 0 radical (unpaired) electrons. The summed E-state index contributed by atoms with van der Waals surface area (Å²) in [5.41, 5.74) is 0. The largest absolute Gasteiger partial charge is 0.458 e. The summed E-state index contributed by atoms with van der Waals surface area (Å²) < 4.78 is 27.9. The Labute approximate surface area is 110 Å². The van der Waals surface area contributed by atoms with E-state index in [-0.39, 0.29) is 15.9 Å². The van der Waals surface area contributed by atoms with Gasteiger partial charge in [0.1, 0.15) is 15.9 Å². The minimum Gasteiger partial charge on any atom is -0.458 e. The molecule has 7 heteroatoms. The number of ether oxygens (including phenoxy) is 1. The molecule has 0 unspecified atom stereocenters. The van der Waals surface area contributed by atoms with Crippen molar-refractivity contribution < 1.29 is 17.9 Å². The second kappa shape index (κ2) is 5.38. The van der Waals surface area contributed by atoms with Crippen LogP contribution in [0.3, 0.4) is 0 Å². The van der Waals surface area contributed by atoms with Crippen molar-refractivity contribution in [2.75, 3.05) is 0 Å². The molecule has 2 rings (SSSR count). The Morgan fingerprint density at radius 3 is 2.61 bits per heavy atom. The molecule has 100 valence electrons. The van der Waals surface area contributed by atoms with Crippen molar-refractivity contribution >= 4 is 27.3 Å². The second-order valence-corrected chi connectivity index (χ2v) is 6.77. The Morgan fingerprint density at radius 2 is 2.00 bits per heavy atom. The standard InChI is InChI=1S/C11H15NO4S2/c12-18(14,15)9-6-7-17-10(9)11(13)16-8-4-2-1-3-5-8/h6-8H,1-5H2,(H2,12,14,15). The van der Waals surface area contributed by atoms with Crippen molar-refractivity contribution in [1.82, 2.24) is 0 Å². The Bertz CT molecular complexity index is 529. The third-order valence-electron chi connectivity index (χ3n) is 2.95. The quantitative estimate of drug-likeness (QED) is 0.861. The van der Waals surface area contributed by atoms with Crippen LogP contribution in [0, 0.1) is 0 Å². The number of hydrogen-bond acceptors (Lipinski definition) is 5. The fourth-order valence-electron chi connectivity index (χ4n) is 2.06. The Morgan fingerprint density at radius 1 is 1.33 bits per heavy atom. The molecule has 1 fully saturated rings. The van der Waals surface area contributed by atoms with Gasteiger partial charge in [0.05, 0.1) is 0 Å². The molecule has 0 spiro atoms. The van der Waals surface area contributed by atoms with Gasteiger partial charge in [0.15, 0.2) is 0 Å². The lowest BCUT2D eigenvalue weighted by atomic mass is 9.98. The first kappa shape index (κ1) is 13.5. The van der Waals surface area contributed by atoms with E-state index in [9.17, 15) is 13.2 Å². The molecule has 1 aliphatic carbocycles. The first-order valence-corrected chi connectivity index (χ1v) is 8.22. The average molecular weight is 289 g/mol. The number of carbonyl (C=O) groups is 1. The van der Waals surface area contributed by atoms with E-state index in [0.29, 0.717) is 0 Å². The highest BCUT2D eigenvalue weighted by molar-refractivity contribution is 7.89. The van der Waals surface area contributed by atoms with Gasteiger partial charge in [0.25, 0.3) is 0 Å². The zero-order valence-electron chi connectivity index (χ0n) is 9.79. The SMILES string of the molecule is NS(=O)(=O)c1ccsc1C(=O)OC1CCCCC1. The van der Waals surface area contributed by atoms with Crippen molar-refractivity contribution in [3.63, 3.8) is 0 Å². The monoisotopic (exact) mass is 289 g/mol. The van der Waals surface area contributed by atoms with Crippen molar-refractivity contribution in [3.8, 4) is 0 Å². The molecule has 0 aromatic carbocycles. The molecule has 0 amide bonds. The zero-order valence-corrected chi connectivity index (χ0v) is 11.4. The van der Waals surface area contributed by atoms with E-state index in [1.165, 1.54) is 11.4 Å². The van der Waals surface area contributed by atoms with Gasteiger partial charge in [-0.3, -0.25) is 0 Å². The van der Waals surface area contributed by atoms with Gasteiger partial charge < -0.3 is 4.74 Å². The van der Waals surface area contributed by atoms with Crippen molar-refractivity contribution in [2.24, 2.45) is 5.14 Å². The minimum absolute atomic E-state index is 0.0723. The van der Waals surface area contributed by atoms with Crippen LogP contribution in [0.2, 0.25) is 0 Å². The molecule has 18 heavy (non-hydrogen) atoms.